The van der Waals surface area contributed by atoms with Crippen LogP contribution in [-0.4, -0.2) is 25.7 Å². The fraction of sp³-hybridized carbons (Fsp3) is 0.308. The first kappa shape index (κ1) is 15.2. The monoisotopic (exact) mass is 331 g/mol. The van der Waals surface area contributed by atoms with Crippen molar-refractivity contribution in [2.24, 2.45) is 0 Å². The summed E-state index contributed by atoms with van der Waals surface area (Å²) in [4.78, 5) is 11.7. The molecular formula is C13H15BrClNO2. The highest BCUT2D eigenvalue weighted by atomic mass is 79.9. The van der Waals surface area contributed by atoms with Crippen LogP contribution in [0.2, 0.25) is 5.02 Å². The number of benzene rings is 1. The van der Waals surface area contributed by atoms with Gasteiger partial charge in [-0.05, 0) is 40.5 Å². The number of hydrogen-bond acceptors (Lipinski definition) is 2. The van der Waals surface area contributed by atoms with Gasteiger partial charge in [-0.15, -0.1) is 6.58 Å². The largest absolute Gasteiger partial charge is 0.379 e. The van der Waals surface area contributed by atoms with E-state index in [1.807, 2.05) is 0 Å². The fourth-order valence-corrected chi connectivity index (χ4v) is 1.67. The van der Waals surface area contributed by atoms with Crippen LogP contribution in [0.3, 0.4) is 0 Å². The van der Waals surface area contributed by atoms with Crippen LogP contribution in [0.25, 0.3) is 0 Å². The van der Waals surface area contributed by atoms with Crippen molar-refractivity contribution in [3.63, 3.8) is 0 Å². The number of rotatable bonds is 7. The van der Waals surface area contributed by atoms with Crippen molar-refractivity contribution < 1.29 is 9.53 Å². The highest BCUT2D eigenvalue weighted by Gasteiger charge is 2.06. The lowest BCUT2D eigenvalue weighted by molar-refractivity contribution is 0.0918. The molecular weight excluding hydrogens is 318 g/mol. The lowest BCUT2D eigenvalue weighted by Crippen LogP contribution is -2.27. The molecule has 0 aliphatic rings. The highest BCUT2D eigenvalue weighted by Crippen LogP contribution is 2.22. The van der Waals surface area contributed by atoms with Crippen LogP contribution in [0, 0.1) is 0 Å². The molecule has 0 aromatic heterocycles. The fourth-order valence-electron chi connectivity index (χ4n) is 1.24. The minimum absolute atomic E-state index is 0.156. The van der Waals surface area contributed by atoms with E-state index in [0.717, 1.165) is 10.9 Å². The van der Waals surface area contributed by atoms with Gasteiger partial charge in [0.25, 0.3) is 5.91 Å². The molecule has 0 unspecified atom stereocenters. The summed E-state index contributed by atoms with van der Waals surface area (Å²) in [6, 6.07) is 5.08. The van der Waals surface area contributed by atoms with Crippen molar-refractivity contribution in [2.75, 3.05) is 19.8 Å². The molecule has 18 heavy (non-hydrogen) atoms. The van der Waals surface area contributed by atoms with Gasteiger partial charge in [0, 0.05) is 16.6 Å². The summed E-state index contributed by atoms with van der Waals surface area (Å²) < 4.78 is 6.06. The average Bonchev–Trinajstić information content (AvgIpc) is 2.36. The molecule has 1 N–H and O–H groups in total. The van der Waals surface area contributed by atoms with Crippen molar-refractivity contribution >= 4 is 33.4 Å². The van der Waals surface area contributed by atoms with Crippen LogP contribution >= 0.6 is 27.5 Å². The van der Waals surface area contributed by atoms with Gasteiger partial charge >= 0.3 is 0 Å². The van der Waals surface area contributed by atoms with Gasteiger partial charge in [0.05, 0.1) is 18.2 Å². The van der Waals surface area contributed by atoms with E-state index in [-0.39, 0.29) is 5.91 Å². The summed E-state index contributed by atoms with van der Waals surface area (Å²) in [5.74, 6) is -0.156. The number of halogens is 2. The van der Waals surface area contributed by atoms with Gasteiger partial charge in [0.15, 0.2) is 0 Å². The minimum atomic E-state index is -0.156. The lowest BCUT2D eigenvalue weighted by atomic mass is 10.2. The Morgan fingerprint density at radius 2 is 2.28 bits per heavy atom. The molecule has 0 atom stereocenters. The van der Waals surface area contributed by atoms with Gasteiger partial charge in [0.1, 0.15) is 0 Å². The molecule has 0 radical (unpaired) electrons. The van der Waals surface area contributed by atoms with E-state index in [4.69, 9.17) is 16.3 Å². The molecule has 1 aromatic rings. The molecule has 98 valence electrons. The number of amides is 1. The minimum Gasteiger partial charge on any atom is -0.379 e. The first-order valence-corrected chi connectivity index (χ1v) is 6.74. The Morgan fingerprint density at radius 3 is 2.94 bits per heavy atom. The molecule has 1 aromatic carbocycles. The lowest BCUT2D eigenvalue weighted by Gasteiger charge is -2.06. The first-order valence-electron chi connectivity index (χ1n) is 5.57. The van der Waals surface area contributed by atoms with E-state index in [9.17, 15) is 4.79 Å². The summed E-state index contributed by atoms with van der Waals surface area (Å²) in [6.07, 6.45) is 2.61. The molecule has 5 heteroatoms. The van der Waals surface area contributed by atoms with Crippen LogP contribution in [0.1, 0.15) is 16.8 Å². The van der Waals surface area contributed by atoms with Gasteiger partial charge in [-0.1, -0.05) is 17.7 Å². The number of ether oxygens (including phenoxy) is 1. The Kier molecular flexibility index (Phi) is 7.01. The zero-order chi connectivity index (χ0) is 13.4. The molecule has 0 aliphatic carbocycles. The van der Waals surface area contributed by atoms with Crippen LogP contribution in [-0.2, 0) is 4.74 Å². The SMILES string of the molecule is C=CCCOCCNC(=O)c1ccc(Br)c(Cl)c1. The number of hydrogen-bond donors (Lipinski definition) is 1. The van der Waals surface area contributed by atoms with Gasteiger partial charge in [-0.2, -0.15) is 0 Å². The van der Waals surface area contributed by atoms with Gasteiger partial charge in [-0.25, -0.2) is 0 Å². The van der Waals surface area contributed by atoms with Crippen molar-refractivity contribution in [3.05, 3.63) is 45.9 Å². The maximum Gasteiger partial charge on any atom is 0.251 e. The van der Waals surface area contributed by atoms with Crippen LogP contribution in [0.4, 0.5) is 0 Å². The van der Waals surface area contributed by atoms with E-state index in [1.165, 1.54) is 0 Å². The second-order valence-electron chi connectivity index (χ2n) is 3.57. The molecule has 0 spiro atoms. The van der Waals surface area contributed by atoms with E-state index in [0.29, 0.717) is 30.3 Å². The third kappa shape index (κ3) is 5.21. The molecule has 0 fully saturated rings. The van der Waals surface area contributed by atoms with Gasteiger partial charge in [0.2, 0.25) is 0 Å². The van der Waals surface area contributed by atoms with Gasteiger partial charge in [-0.3, -0.25) is 4.79 Å². The topological polar surface area (TPSA) is 38.3 Å². The molecule has 1 rings (SSSR count). The summed E-state index contributed by atoms with van der Waals surface area (Å²) in [5, 5.41) is 3.28. The molecule has 0 saturated heterocycles. The van der Waals surface area contributed by atoms with Crippen LogP contribution in [0.5, 0.6) is 0 Å². The highest BCUT2D eigenvalue weighted by molar-refractivity contribution is 9.10. The summed E-state index contributed by atoms with van der Waals surface area (Å²) in [7, 11) is 0. The quantitative estimate of drug-likeness (QED) is 0.614. The molecule has 0 bridgehead atoms. The van der Waals surface area contributed by atoms with Crippen LogP contribution in [0.15, 0.2) is 35.3 Å². The van der Waals surface area contributed by atoms with Crippen molar-refractivity contribution in [2.45, 2.75) is 6.42 Å². The molecule has 0 heterocycles. The summed E-state index contributed by atoms with van der Waals surface area (Å²) >= 11 is 9.19. The third-order valence-electron chi connectivity index (χ3n) is 2.18. The number of carbonyl (C=O) groups excluding carboxylic acids is 1. The Morgan fingerprint density at radius 1 is 1.50 bits per heavy atom. The third-order valence-corrected chi connectivity index (χ3v) is 3.41. The molecule has 1 amide bonds. The Bertz CT molecular complexity index is 423. The van der Waals surface area contributed by atoms with E-state index in [2.05, 4.69) is 27.8 Å². The molecule has 0 aliphatic heterocycles. The Labute approximate surface area is 120 Å². The van der Waals surface area contributed by atoms with E-state index < -0.39 is 0 Å². The van der Waals surface area contributed by atoms with E-state index >= 15 is 0 Å². The first-order chi connectivity index (χ1) is 8.65. The zero-order valence-electron chi connectivity index (χ0n) is 9.92. The van der Waals surface area contributed by atoms with Crippen LogP contribution < -0.4 is 5.32 Å². The normalized spacial score (nSPS) is 10.1. The predicted molar refractivity (Wildman–Crippen MR) is 77.1 cm³/mol. The smallest absolute Gasteiger partial charge is 0.251 e. The predicted octanol–water partition coefficient (Wildman–Crippen LogP) is 3.43. The standard InChI is InChI=1S/C13H15BrClNO2/c1-2-3-7-18-8-6-16-13(17)10-4-5-11(14)12(15)9-10/h2,4-5,9H,1,3,6-8H2,(H,16,17). The second kappa shape index (κ2) is 8.29. The maximum atomic E-state index is 11.7. The summed E-state index contributed by atoms with van der Waals surface area (Å²) in [6.45, 7) is 5.19. The van der Waals surface area contributed by atoms with Crippen molar-refractivity contribution in [1.82, 2.24) is 5.32 Å². The van der Waals surface area contributed by atoms with Gasteiger partial charge < -0.3 is 10.1 Å². The van der Waals surface area contributed by atoms with Crippen molar-refractivity contribution in [1.29, 1.82) is 0 Å². The zero-order valence-corrected chi connectivity index (χ0v) is 12.3. The summed E-state index contributed by atoms with van der Waals surface area (Å²) in [5.41, 5.74) is 0.536. The van der Waals surface area contributed by atoms with Crippen molar-refractivity contribution in [3.8, 4) is 0 Å². The second-order valence-corrected chi connectivity index (χ2v) is 4.84. The maximum absolute atomic E-state index is 11.7. The average molecular weight is 333 g/mol. The Balaban J connectivity index is 2.32. The van der Waals surface area contributed by atoms with E-state index in [1.54, 1.807) is 24.3 Å². The Hall–Kier alpha value is -0.840. The molecule has 0 saturated carbocycles. The molecule has 3 nitrogen and oxygen atoms in total. The number of carbonyl (C=O) groups is 1. The number of nitrogens with one attached hydrogen (secondary N) is 1.